The van der Waals surface area contributed by atoms with E-state index < -0.39 is 0 Å². The van der Waals surface area contributed by atoms with E-state index in [1.165, 1.54) is 0 Å². The first-order valence-electron chi connectivity index (χ1n) is 13.5. The number of nitriles is 1. The lowest BCUT2D eigenvalue weighted by atomic mass is 9.98. The van der Waals surface area contributed by atoms with Gasteiger partial charge in [0.15, 0.2) is 6.29 Å². The van der Waals surface area contributed by atoms with Crippen LogP contribution in [0.1, 0.15) is 37.7 Å². The minimum absolute atomic E-state index is 0.369. The van der Waals surface area contributed by atoms with Crippen LogP contribution in [0.3, 0.4) is 0 Å². The number of rotatable bonds is 7. The molecule has 1 atom stereocenters. The van der Waals surface area contributed by atoms with E-state index in [0.29, 0.717) is 69.1 Å². The molecule has 2 aliphatic heterocycles. The molecule has 2 fully saturated rings. The summed E-state index contributed by atoms with van der Waals surface area (Å²) in [5, 5.41) is 15.5. The molecule has 4 aromatic rings. The van der Waals surface area contributed by atoms with Crippen LogP contribution >= 0.6 is 11.6 Å². The molecule has 0 aliphatic carbocycles. The smallest absolute Gasteiger partial charge is 0.199 e. The summed E-state index contributed by atoms with van der Waals surface area (Å²) in [7, 11) is 2.16. The molecule has 0 amide bonds. The van der Waals surface area contributed by atoms with Crippen molar-refractivity contribution in [3.8, 4) is 17.6 Å². The molecular weight excluding hydrogens is 516 g/mol. The van der Waals surface area contributed by atoms with Gasteiger partial charge >= 0.3 is 0 Å². The molecule has 1 N–H and O–H groups in total. The van der Waals surface area contributed by atoms with Gasteiger partial charge in [-0.25, -0.2) is 0 Å². The average molecular weight is 547 g/mol. The summed E-state index contributed by atoms with van der Waals surface area (Å²) in [6.07, 6.45) is 7.85. The number of halogens is 1. The molecule has 6 rings (SSSR count). The van der Waals surface area contributed by atoms with Gasteiger partial charge in [0.05, 0.1) is 52.3 Å². The molecule has 0 radical (unpaired) electrons. The molecule has 0 bridgehead atoms. The summed E-state index contributed by atoms with van der Waals surface area (Å²) in [4.78, 5) is 6.98. The Hall–Kier alpha value is -3.51. The number of likely N-dealkylation sites (tertiary alicyclic amines) is 1. The third-order valence-electron chi connectivity index (χ3n) is 7.58. The Labute approximate surface area is 232 Å². The van der Waals surface area contributed by atoms with Gasteiger partial charge in [0.1, 0.15) is 23.2 Å². The fourth-order valence-electron chi connectivity index (χ4n) is 5.31. The molecule has 2 saturated heterocycles. The Morgan fingerprint density at radius 2 is 2.03 bits per heavy atom. The highest BCUT2D eigenvalue weighted by molar-refractivity contribution is 6.35. The fourth-order valence-corrected chi connectivity index (χ4v) is 5.52. The molecular formula is C30H31ClN4O4. The van der Waals surface area contributed by atoms with Crippen molar-refractivity contribution in [2.45, 2.75) is 38.4 Å². The van der Waals surface area contributed by atoms with Crippen LogP contribution in [0.4, 0.5) is 11.4 Å². The van der Waals surface area contributed by atoms with Crippen molar-refractivity contribution in [2.24, 2.45) is 5.92 Å². The standard InChI is InChI=1S/C30H31ClN4O4/c1-35-10-7-19(8-11-35)18-38-21-14-24-28(26(15-21)39-27-4-2-3-12-37-27)29(20(16-32)17-33-24)34-30-22-9-13-36-25(22)6-5-23(30)31/h5-6,9,13-15,17,19,27H,2-4,7-8,10-12,18H2,1H3,(H,33,34). The first-order valence-corrected chi connectivity index (χ1v) is 13.9. The number of pyridine rings is 1. The van der Waals surface area contributed by atoms with Crippen LogP contribution in [0.5, 0.6) is 11.5 Å². The highest BCUT2D eigenvalue weighted by Crippen LogP contribution is 2.42. The second-order valence-corrected chi connectivity index (χ2v) is 10.7. The second kappa shape index (κ2) is 11.3. The quantitative estimate of drug-likeness (QED) is 0.268. The van der Waals surface area contributed by atoms with Crippen LogP contribution in [0.25, 0.3) is 21.9 Å². The van der Waals surface area contributed by atoms with E-state index in [9.17, 15) is 5.26 Å². The molecule has 4 heterocycles. The van der Waals surface area contributed by atoms with E-state index in [4.69, 9.17) is 30.2 Å². The van der Waals surface area contributed by atoms with E-state index in [2.05, 4.69) is 28.3 Å². The predicted molar refractivity (Wildman–Crippen MR) is 151 cm³/mol. The lowest BCUT2D eigenvalue weighted by Gasteiger charge is -2.29. The maximum absolute atomic E-state index is 10.0. The Morgan fingerprint density at radius 1 is 1.15 bits per heavy atom. The average Bonchev–Trinajstić information content (AvgIpc) is 3.44. The Bertz CT molecular complexity index is 1520. The summed E-state index contributed by atoms with van der Waals surface area (Å²) in [5.74, 6) is 1.75. The minimum atomic E-state index is -0.384. The first kappa shape index (κ1) is 25.8. The fraction of sp³-hybridized carbons (Fsp3) is 0.400. The number of anilines is 2. The zero-order chi connectivity index (χ0) is 26.8. The summed E-state index contributed by atoms with van der Waals surface area (Å²) < 4.78 is 24.2. The zero-order valence-corrected chi connectivity index (χ0v) is 22.7. The molecule has 0 saturated carbocycles. The van der Waals surface area contributed by atoms with Gasteiger partial charge in [-0.1, -0.05) is 11.6 Å². The van der Waals surface area contributed by atoms with E-state index in [1.54, 1.807) is 18.5 Å². The summed E-state index contributed by atoms with van der Waals surface area (Å²) in [6, 6.07) is 11.5. The number of furan rings is 1. The monoisotopic (exact) mass is 546 g/mol. The van der Waals surface area contributed by atoms with E-state index in [1.807, 2.05) is 24.3 Å². The van der Waals surface area contributed by atoms with Gasteiger partial charge in [0.2, 0.25) is 0 Å². The van der Waals surface area contributed by atoms with E-state index in [-0.39, 0.29) is 6.29 Å². The van der Waals surface area contributed by atoms with Crippen LogP contribution in [-0.4, -0.2) is 49.5 Å². The van der Waals surface area contributed by atoms with Crippen molar-refractivity contribution >= 4 is 44.8 Å². The van der Waals surface area contributed by atoms with Gasteiger partial charge in [0.25, 0.3) is 0 Å². The van der Waals surface area contributed by atoms with Gasteiger partial charge in [0, 0.05) is 30.1 Å². The molecule has 8 nitrogen and oxygen atoms in total. The summed E-state index contributed by atoms with van der Waals surface area (Å²) in [6.45, 7) is 3.45. The van der Waals surface area contributed by atoms with Gasteiger partial charge in [-0.15, -0.1) is 0 Å². The molecule has 2 aliphatic rings. The minimum Gasteiger partial charge on any atom is -0.493 e. The molecule has 0 spiro atoms. The normalized spacial score (nSPS) is 18.7. The van der Waals surface area contributed by atoms with Crippen molar-refractivity contribution in [1.82, 2.24) is 9.88 Å². The second-order valence-electron chi connectivity index (χ2n) is 10.3. The number of benzene rings is 2. The highest BCUT2D eigenvalue weighted by Gasteiger charge is 2.23. The zero-order valence-electron chi connectivity index (χ0n) is 21.9. The lowest BCUT2D eigenvalue weighted by molar-refractivity contribution is -0.105. The van der Waals surface area contributed by atoms with Gasteiger partial charge in [-0.05, 0) is 69.9 Å². The van der Waals surface area contributed by atoms with Gasteiger partial charge in [-0.3, -0.25) is 4.98 Å². The number of nitrogens with one attached hydrogen (secondary N) is 1. The number of ether oxygens (including phenoxy) is 3. The van der Waals surface area contributed by atoms with Crippen molar-refractivity contribution in [2.75, 3.05) is 38.7 Å². The van der Waals surface area contributed by atoms with Crippen LogP contribution in [0.15, 0.2) is 47.2 Å². The maximum atomic E-state index is 10.0. The van der Waals surface area contributed by atoms with Crippen LogP contribution in [-0.2, 0) is 4.74 Å². The highest BCUT2D eigenvalue weighted by atomic mass is 35.5. The van der Waals surface area contributed by atoms with E-state index in [0.717, 1.165) is 50.6 Å². The number of nitrogens with zero attached hydrogens (tertiary/aromatic N) is 3. The van der Waals surface area contributed by atoms with Gasteiger partial charge < -0.3 is 28.8 Å². The SMILES string of the molecule is CN1CCC(COc2cc(OC3CCCCO3)c3c(Nc4c(Cl)ccc5occc45)c(C#N)cnc3c2)CC1. The molecule has 2 aromatic heterocycles. The van der Waals surface area contributed by atoms with Crippen LogP contribution < -0.4 is 14.8 Å². The van der Waals surface area contributed by atoms with Crippen LogP contribution in [0, 0.1) is 17.2 Å². The third kappa shape index (κ3) is 5.48. The maximum Gasteiger partial charge on any atom is 0.199 e. The largest absolute Gasteiger partial charge is 0.493 e. The lowest BCUT2D eigenvalue weighted by Crippen LogP contribution is -2.32. The number of piperidine rings is 1. The van der Waals surface area contributed by atoms with Crippen LogP contribution in [0.2, 0.25) is 5.02 Å². The van der Waals surface area contributed by atoms with Crippen molar-refractivity contribution in [3.05, 3.63) is 53.4 Å². The molecule has 39 heavy (non-hydrogen) atoms. The van der Waals surface area contributed by atoms with Gasteiger partial charge in [-0.2, -0.15) is 5.26 Å². The summed E-state index contributed by atoms with van der Waals surface area (Å²) in [5.41, 5.74) is 2.92. The van der Waals surface area contributed by atoms with Crippen molar-refractivity contribution in [3.63, 3.8) is 0 Å². The first-order chi connectivity index (χ1) is 19.1. The predicted octanol–water partition coefficient (Wildman–Crippen LogP) is 6.88. The molecule has 9 heteroatoms. The number of hydrogen-bond acceptors (Lipinski definition) is 8. The Balaban J connectivity index is 1.41. The Kier molecular flexibility index (Phi) is 7.47. The number of hydrogen-bond donors (Lipinski definition) is 1. The topological polar surface area (TPSA) is 92.8 Å². The van der Waals surface area contributed by atoms with Crippen molar-refractivity contribution in [1.29, 1.82) is 5.26 Å². The number of fused-ring (bicyclic) bond motifs is 2. The number of aromatic nitrogens is 1. The van der Waals surface area contributed by atoms with Crippen molar-refractivity contribution < 1.29 is 18.6 Å². The Morgan fingerprint density at radius 3 is 2.82 bits per heavy atom. The molecule has 2 aromatic carbocycles. The summed E-state index contributed by atoms with van der Waals surface area (Å²) >= 11 is 6.62. The molecule has 202 valence electrons. The third-order valence-corrected chi connectivity index (χ3v) is 7.90. The van der Waals surface area contributed by atoms with E-state index >= 15 is 0 Å². The molecule has 1 unspecified atom stereocenters.